The van der Waals surface area contributed by atoms with Gasteiger partial charge in [-0.3, -0.25) is 5.32 Å². The average Bonchev–Trinajstić information content (AvgIpc) is 2.44. The molecule has 118 valence electrons. The molecule has 1 atom stereocenters. The number of para-hydroxylation sites is 1. The summed E-state index contributed by atoms with van der Waals surface area (Å²) in [5.74, 6) is -0.233. The second-order valence-corrected chi connectivity index (χ2v) is 5.92. The first-order valence-electron chi connectivity index (χ1n) is 7.50. The third-order valence-corrected chi connectivity index (χ3v) is 3.59. The normalized spacial score (nSPS) is 13.9. The fraction of sp³-hybridized carbons (Fsp3) is 0.588. The van der Waals surface area contributed by atoms with Crippen LogP contribution in [0.25, 0.3) is 0 Å². The smallest absolute Gasteiger partial charge is 0.327 e. The monoisotopic (exact) mass is 292 g/mol. The third kappa shape index (κ3) is 4.46. The Hall–Kier alpha value is -1.55. The molecule has 0 radical (unpaired) electrons. The van der Waals surface area contributed by atoms with Gasteiger partial charge >= 0.3 is 5.97 Å². The number of nitrogens with zero attached hydrogens (tertiary/aromatic N) is 1. The van der Waals surface area contributed by atoms with Crippen LogP contribution >= 0.6 is 0 Å². The molecular weight excluding hydrogens is 264 g/mol. The van der Waals surface area contributed by atoms with E-state index in [2.05, 4.69) is 36.2 Å². The van der Waals surface area contributed by atoms with Crippen molar-refractivity contribution in [1.29, 1.82) is 0 Å². The SMILES string of the molecule is CCN(CC(C)(NC(C)C)C(=O)OC)c1ccccc1C. The number of benzene rings is 1. The summed E-state index contributed by atoms with van der Waals surface area (Å²) in [7, 11) is 1.44. The van der Waals surface area contributed by atoms with E-state index in [-0.39, 0.29) is 12.0 Å². The van der Waals surface area contributed by atoms with Crippen molar-refractivity contribution < 1.29 is 9.53 Å². The minimum atomic E-state index is -0.735. The Balaban J connectivity index is 3.05. The molecule has 0 aliphatic heterocycles. The molecule has 1 aromatic rings. The zero-order chi connectivity index (χ0) is 16.0. The van der Waals surface area contributed by atoms with Crippen LogP contribution in [0.1, 0.15) is 33.3 Å². The summed E-state index contributed by atoms with van der Waals surface area (Å²) in [5.41, 5.74) is 1.62. The molecule has 1 rings (SSSR count). The minimum absolute atomic E-state index is 0.199. The summed E-state index contributed by atoms with van der Waals surface area (Å²) in [6.07, 6.45) is 0. The number of rotatable bonds is 7. The van der Waals surface area contributed by atoms with E-state index in [0.717, 1.165) is 12.2 Å². The predicted molar refractivity (Wildman–Crippen MR) is 87.8 cm³/mol. The van der Waals surface area contributed by atoms with Gasteiger partial charge in [0.15, 0.2) is 0 Å². The van der Waals surface area contributed by atoms with Gasteiger partial charge in [0, 0.05) is 24.8 Å². The van der Waals surface area contributed by atoms with Crippen LogP contribution in [0, 0.1) is 6.92 Å². The molecule has 21 heavy (non-hydrogen) atoms. The molecule has 0 aromatic heterocycles. The van der Waals surface area contributed by atoms with Crippen molar-refractivity contribution in [3.63, 3.8) is 0 Å². The molecule has 0 aliphatic carbocycles. The Morgan fingerprint density at radius 1 is 1.38 bits per heavy atom. The summed E-state index contributed by atoms with van der Waals surface area (Å²) in [6.45, 7) is 11.6. The highest BCUT2D eigenvalue weighted by atomic mass is 16.5. The van der Waals surface area contributed by atoms with Gasteiger partial charge in [-0.25, -0.2) is 4.79 Å². The van der Waals surface area contributed by atoms with Crippen molar-refractivity contribution in [2.75, 3.05) is 25.1 Å². The highest BCUT2D eigenvalue weighted by Crippen LogP contribution is 2.22. The maximum Gasteiger partial charge on any atom is 0.327 e. The van der Waals surface area contributed by atoms with E-state index >= 15 is 0 Å². The molecule has 0 fully saturated rings. The molecule has 0 spiro atoms. The van der Waals surface area contributed by atoms with Gasteiger partial charge in [-0.2, -0.15) is 0 Å². The number of ether oxygens (including phenoxy) is 1. The lowest BCUT2D eigenvalue weighted by atomic mass is 9.99. The first kappa shape index (κ1) is 17.5. The van der Waals surface area contributed by atoms with Gasteiger partial charge in [-0.05, 0) is 46.2 Å². The second-order valence-electron chi connectivity index (χ2n) is 5.92. The van der Waals surface area contributed by atoms with Crippen molar-refractivity contribution in [2.24, 2.45) is 0 Å². The van der Waals surface area contributed by atoms with E-state index in [0.29, 0.717) is 6.54 Å². The van der Waals surface area contributed by atoms with Crippen molar-refractivity contribution in [3.05, 3.63) is 29.8 Å². The molecule has 0 saturated heterocycles. The highest BCUT2D eigenvalue weighted by Gasteiger charge is 2.36. The van der Waals surface area contributed by atoms with Crippen LogP contribution in [0.15, 0.2) is 24.3 Å². The first-order chi connectivity index (χ1) is 9.84. The van der Waals surface area contributed by atoms with Gasteiger partial charge in [0.2, 0.25) is 0 Å². The molecular formula is C17H28N2O2. The topological polar surface area (TPSA) is 41.6 Å². The number of methoxy groups -OCH3 is 1. The van der Waals surface area contributed by atoms with Crippen LogP contribution in [0.4, 0.5) is 5.69 Å². The Kier molecular flexibility index (Phi) is 6.21. The summed E-state index contributed by atoms with van der Waals surface area (Å²) < 4.78 is 5.00. The number of likely N-dealkylation sites (N-methyl/N-ethyl adjacent to an activating group) is 1. The van der Waals surface area contributed by atoms with E-state index in [9.17, 15) is 4.79 Å². The molecule has 4 nitrogen and oxygen atoms in total. The number of carbonyl (C=O) groups excluding carboxylic acids is 1. The zero-order valence-corrected chi connectivity index (χ0v) is 14.1. The van der Waals surface area contributed by atoms with Gasteiger partial charge in [-0.1, -0.05) is 18.2 Å². The fourth-order valence-electron chi connectivity index (χ4n) is 2.70. The van der Waals surface area contributed by atoms with Gasteiger partial charge in [-0.15, -0.1) is 0 Å². The van der Waals surface area contributed by atoms with E-state index in [1.54, 1.807) is 0 Å². The average molecular weight is 292 g/mol. The van der Waals surface area contributed by atoms with Crippen LogP contribution in [0.5, 0.6) is 0 Å². The molecule has 0 heterocycles. The van der Waals surface area contributed by atoms with Crippen LogP contribution in [-0.2, 0) is 9.53 Å². The Morgan fingerprint density at radius 2 is 2.00 bits per heavy atom. The predicted octanol–water partition coefficient (Wildman–Crippen LogP) is 2.75. The Bertz CT molecular complexity index is 474. The first-order valence-corrected chi connectivity index (χ1v) is 7.50. The summed E-state index contributed by atoms with van der Waals surface area (Å²) >= 11 is 0. The number of hydrogen-bond donors (Lipinski definition) is 1. The quantitative estimate of drug-likeness (QED) is 0.785. The molecule has 0 bridgehead atoms. The Morgan fingerprint density at radius 3 is 2.48 bits per heavy atom. The standard InChI is InChI=1S/C17H28N2O2/c1-7-19(15-11-9-8-10-14(15)4)12-17(5,16(20)21-6)18-13(2)3/h8-11,13,18H,7,12H2,1-6H3. The zero-order valence-electron chi connectivity index (χ0n) is 14.1. The number of anilines is 1. The summed E-state index contributed by atoms with van der Waals surface area (Å²) in [4.78, 5) is 14.4. The minimum Gasteiger partial charge on any atom is -0.468 e. The van der Waals surface area contributed by atoms with Gasteiger partial charge < -0.3 is 9.64 Å². The van der Waals surface area contributed by atoms with Gasteiger partial charge in [0.1, 0.15) is 5.54 Å². The lowest BCUT2D eigenvalue weighted by Gasteiger charge is -2.36. The number of nitrogens with one attached hydrogen (secondary N) is 1. The fourth-order valence-corrected chi connectivity index (χ4v) is 2.70. The second kappa shape index (κ2) is 7.46. The maximum atomic E-state index is 12.2. The number of aryl methyl sites for hydroxylation is 1. The van der Waals surface area contributed by atoms with Crippen molar-refractivity contribution in [2.45, 2.75) is 46.2 Å². The van der Waals surface area contributed by atoms with Crippen molar-refractivity contribution >= 4 is 11.7 Å². The van der Waals surface area contributed by atoms with E-state index in [1.807, 2.05) is 32.9 Å². The number of esters is 1. The highest BCUT2D eigenvalue weighted by molar-refractivity contribution is 5.81. The summed E-state index contributed by atoms with van der Waals surface area (Å²) in [5, 5.41) is 3.34. The molecule has 1 unspecified atom stereocenters. The molecule has 1 N–H and O–H groups in total. The van der Waals surface area contributed by atoms with E-state index in [1.165, 1.54) is 12.7 Å². The van der Waals surface area contributed by atoms with E-state index in [4.69, 9.17) is 4.74 Å². The van der Waals surface area contributed by atoms with Crippen molar-refractivity contribution in [3.8, 4) is 0 Å². The largest absolute Gasteiger partial charge is 0.468 e. The third-order valence-electron chi connectivity index (χ3n) is 3.59. The van der Waals surface area contributed by atoms with E-state index < -0.39 is 5.54 Å². The van der Waals surface area contributed by atoms with Crippen LogP contribution in [0.2, 0.25) is 0 Å². The molecule has 0 amide bonds. The van der Waals surface area contributed by atoms with Crippen LogP contribution in [-0.4, -0.2) is 37.7 Å². The molecule has 4 heteroatoms. The van der Waals surface area contributed by atoms with Crippen LogP contribution < -0.4 is 10.2 Å². The summed E-state index contributed by atoms with van der Waals surface area (Å²) in [6, 6.07) is 8.43. The molecule has 1 aromatic carbocycles. The van der Waals surface area contributed by atoms with Crippen LogP contribution in [0.3, 0.4) is 0 Å². The molecule has 0 aliphatic rings. The van der Waals surface area contributed by atoms with Gasteiger partial charge in [0.05, 0.1) is 7.11 Å². The molecule has 0 saturated carbocycles. The Labute approximate surface area is 128 Å². The lowest BCUT2D eigenvalue weighted by molar-refractivity contribution is -0.147. The number of hydrogen-bond acceptors (Lipinski definition) is 4. The van der Waals surface area contributed by atoms with Gasteiger partial charge in [0.25, 0.3) is 0 Å². The lowest BCUT2D eigenvalue weighted by Crippen LogP contribution is -2.59. The number of carbonyl (C=O) groups is 1. The van der Waals surface area contributed by atoms with Crippen molar-refractivity contribution in [1.82, 2.24) is 5.32 Å². The maximum absolute atomic E-state index is 12.2.